The number of hydrogen-bond acceptors (Lipinski definition) is 5. The van der Waals surface area contributed by atoms with Crippen molar-refractivity contribution in [1.29, 1.82) is 5.26 Å². The number of fused-ring (bicyclic) bond motifs is 8. The molecule has 13 aromatic rings. The molecule has 354 valence electrons. The maximum Gasteiger partial charge on any atom is 0.157 e. The van der Waals surface area contributed by atoms with Crippen LogP contribution in [0, 0.1) is 11.3 Å². The summed E-state index contributed by atoms with van der Waals surface area (Å²) in [4.78, 5) is 4.79. The van der Waals surface area contributed by atoms with Crippen molar-refractivity contribution in [2.45, 2.75) is 39.5 Å². The van der Waals surface area contributed by atoms with Crippen LogP contribution < -0.4 is 9.80 Å². The van der Waals surface area contributed by atoms with Gasteiger partial charge in [0.25, 0.3) is 0 Å². The van der Waals surface area contributed by atoms with Crippen LogP contribution in [0.1, 0.15) is 56.2 Å². The molecule has 11 aromatic carbocycles. The van der Waals surface area contributed by atoms with Gasteiger partial charge in [0, 0.05) is 55.4 Å². The molecule has 13 rings (SSSR count). The molecule has 0 radical (unpaired) electrons. The molecule has 0 saturated heterocycles. The van der Waals surface area contributed by atoms with Gasteiger partial charge in [-0.15, -0.1) is 0 Å². The summed E-state index contributed by atoms with van der Waals surface area (Å²) in [6.45, 7) is 9.01. The third kappa shape index (κ3) is 7.46. The Morgan fingerprint density at radius 1 is 0.365 bits per heavy atom. The summed E-state index contributed by atoms with van der Waals surface area (Å²) < 4.78 is 13.5. The lowest BCUT2D eigenvalue weighted by atomic mass is 9.97. The van der Waals surface area contributed by atoms with Crippen molar-refractivity contribution in [2.24, 2.45) is 0 Å². The van der Waals surface area contributed by atoms with Crippen LogP contribution in [0.3, 0.4) is 0 Å². The molecule has 0 atom stereocenters. The lowest BCUT2D eigenvalue weighted by Crippen LogP contribution is -2.13. The molecule has 0 fully saturated rings. The van der Waals surface area contributed by atoms with Crippen LogP contribution in [0.15, 0.2) is 233 Å². The van der Waals surface area contributed by atoms with E-state index in [0.717, 1.165) is 99.5 Å². The van der Waals surface area contributed by atoms with Gasteiger partial charge in [-0.1, -0.05) is 173 Å². The Labute approximate surface area is 430 Å². The Balaban J connectivity index is 0.943. The fraction of sp³-hybridized carbons (Fsp3) is 0.0870. The smallest absolute Gasteiger partial charge is 0.157 e. The van der Waals surface area contributed by atoms with Gasteiger partial charge >= 0.3 is 0 Å². The zero-order valence-corrected chi connectivity index (χ0v) is 41.7. The summed E-state index contributed by atoms with van der Waals surface area (Å²) in [7, 11) is 0. The van der Waals surface area contributed by atoms with E-state index in [1.165, 1.54) is 11.1 Å². The van der Waals surface area contributed by atoms with E-state index in [1.807, 2.05) is 0 Å². The summed E-state index contributed by atoms with van der Waals surface area (Å²) in [5.74, 6) is 0.602. The second-order valence-corrected chi connectivity index (χ2v) is 19.9. The maximum absolute atomic E-state index is 10.9. The van der Waals surface area contributed by atoms with E-state index < -0.39 is 0 Å². The number of benzene rings is 11. The third-order valence-electron chi connectivity index (χ3n) is 14.8. The van der Waals surface area contributed by atoms with E-state index in [-0.39, 0.29) is 0 Å². The first-order valence-electron chi connectivity index (χ1n) is 25.5. The molecule has 0 N–H and O–H groups in total. The van der Waals surface area contributed by atoms with E-state index in [1.54, 1.807) is 0 Å². The second-order valence-electron chi connectivity index (χ2n) is 19.9. The van der Waals surface area contributed by atoms with Crippen molar-refractivity contribution in [3.8, 4) is 28.3 Å². The normalized spacial score (nSPS) is 11.7. The summed E-state index contributed by atoms with van der Waals surface area (Å²) >= 11 is 0. The van der Waals surface area contributed by atoms with Gasteiger partial charge in [0.1, 0.15) is 22.8 Å². The van der Waals surface area contributed by atoms with Gasteiger partial charge in [-0.2, -0.15) is 5.26 Å². The second kappa shape index (κ2) is 18.0. The highest BCUT2D eigenvalue weighted by molar-refractivity contribution is 6.21. The van der Waals surface area contributed by atoms with E-state index in [2.05, 4.69) is 268 Å². The fourth-order valence-electron chi connectivity index (χ4n) is 11.2. The van der Waals surface area contributed by atoms with Crippen molar-refractivity contribution in [3.63, 3.8) is 0 Å². The minimum atomic E-state index is 0.301. The molecule has 0 aliphatic heterocycles. The van der Waals surface area contributed by atoms with Crippen molar-refractivity contribution in [1.82, 2.24) is 0 Å². The molecule has 0 bridgehead atoms. The van der Waals surface area contributed by atoms with Crippen molar-refractivity contribution in [3.05, 3.63) is 241 Å². The molecule has 0 amide bonds. The number of rotatable bonds is 10. The average Bonchev–Trinajstić information content (AvgIpc) is 3.99. The zero-order chi connectivity index (χ0) is 50.0. The van der Waals surface area contributed by atoms with E-state index in [4.69, 9.17) is 8.83 Å². The molecule has 0 aliphatic carbocycles. The molecule has 5 nitrogen and oxygen atoms in total. The van der Waals surface area contributed by atoms with Gasteiger partial charge in [0.15, 0.2) is 11.2 Å². The molecule has 0 unspecified atom stereocenters. The minimum Gasteiger partial charge on any atom is -0.454 e. The average molecular weight is 954 g/mol. The highest BCUT2D eigenvalue weighted by Gasteiger charge is 2.25. The van der Waals surface area contributed by atoms with Gasteiger partial charge in [0.05, 0.1) is 11.4 Å². The Morgan fingerprint density at radius 3 is 1.18 bits per heavy atom. The van der Waals surface area contributed by atoms with E-state index in [9.17, 15) is 5.26 Å². The Bertz CT molecular complexity index is 4080. The first kappa shape index (κ1) is 44.6. The molecule has 0 spiro atoms. The predicted octanol–water partition coefficient (Wildman–Crippen LogP) is 20.2. The van der Waals surface area contributed by atoms with Crippen LogP contribution in [0.4, 0.5) is 34.1 Å². The van der Waals surface area contributed by atoms with Gasteiger partial charge in [0.2, 0.25) is 0 Å². The van der Waals surface area contributed by atoms with Crippen LogP contribution >= 0.6 is 0 Å². The summed E-state index contributed by atoms with van der Waals surface area (Å²) in [5.41, 5.74) is 16.5. The summed E-state index contributed by atoms with van der Waals surface area (Å²) in [5, 5.41) is 18.8. The monoisotopic (exact) mass is 953 g/mol. The van der Waals surface area contributed by atoms with Crippen molar-refractivity contribution in [2.75, 3.05) is 9.80 Å². The van der Waals surface area contributed by atoms with Crippen molar-refractivity contribution < 1.29 is 8.83 Å². The summed E-state index contributed by atoms with van der Waals surface area (Å²) in [6, 6.07) is 82.6. The highest BCUT2D eigenvalue weighted by atomic mass is 16.3. The zero-order valence-electron chi connectivity index (χ0n) is 41.7. The van der Waals surface area contributed by atoms with Crippen LogP contribution in [0.25, 0.3) is 87.7 Å². The molecule has 2 aromatic heterocycles. The molecule has 0 saturated carbocycles. The number of nitriles is 1. The number of hydrogen-bond donors (Lipinski definition) is 0. The summed E-state index contributed by atoms with van der Waals surface area (Å²) in [6.07, 6.45) is 0. The molecule has 74 heavy (non-hydrogen) atoms. The minimum absolute atomic E-state index is 0.301. The highest BCUT2D eigenvalue weighted by Crippen LogP contribution is 2.48. The molecule has 0 aliphatic rings. The van der Waals surface area contributed by atoms with Gasteiger partial charge in [-0.25, -0.2) is 0 Å². The molecular formula is C69H51N3O2. The predicted molar refractivity (Wildman–Crippen MR) is 309 cm³/mol. The largest absolute Gasteiger partial charge is 0.454 e. The van der Waals surface area contributed by atoms with Gasteiger partial charge in [-0.3, -0.25) is 0 Å². The van der Waals surface area contributed by atoms with Crippen LogP contribution in [-0.2, 0) is 0 Å². The number of anilines is 6. The lowest BCUT2D eigenvalue weighted by molar-refractivity contribution is 0.654. The van der Waals surface area contributed by atoms with Crippen molar-refractivity contribution >= 4 is 99.5 Å². The number of furan rings is 2. The third-order valence-corrected chi connectivity index (χ3v) is 14.8. The van der Waals surface area contributed by atoms with E-state index >= 15 is 0 Å². The SMILES string of the molecule is CC(C)c1ccccc1N(c1ccc2cc3c(cc2c1)oc1c(C#N)c2oc4cc5cc(N(c6ccccc6-c6ccccc6)c6ccccc6C(C)C)ccc5cc4c2cc13)c1ccccc1-c1ccccc1. The van der Waals surface area contributed by atoms with Crippen LogP contribution in [0.2, 0.25) is 0 Å². The molecule has 2 heterocycles. The first-order valence-corrected chi connectivity index (χ1v) is 25.5. The van der Waals surface area contributed by atoms with Gasteiger partial charge in [-0.05, 0) is 134 Å². The number of para-hydroxylation sites is 4. The van der Waals surface area contributed by atoms with Gasteiger partial charge < -0.3 is 18.6 Å². The molecular weight excluding hydrogens is 903 g/mol. The standard InChI is InChI=1S/C69H51N3O2/c1-43(2)53-23-11-15-27-62(53)71(64-29-17-13-25-55(64)45-19-7-5-8-20-45)51-33-31-47-37-57-59-41-60-58-38-48-32-34-52(36-50(48)40-67(58)74-69(60)61(42-70)68(59)73-66(57)39-49(47)35-51)72(63-28-16-12-24-54(63)44(3)4)65-30-18-14-26-56(65)46-21-9-6-10-22-46/h5-41,43-44H,1-4H3. The Kier molecular flexibility index (Phi) is 10.9. The van der Waals surface area contributed by atoms with Crippen LogP contribution in [0.5, 0.6) is 0 Å². The fourth-order valence-corrected chi connectivity index (χ4v) is 11.2. The number of nitrogens with zero attached hydrogens (tertiary/aromatic N) is 3. The lowest BCUT2D eigenvalue weighted by Gasteiger charge is -2.30. The first-order chi connectivity index (χ1) is 36.3. The topological polar surface area (TPSA) is 56.6 Å². The Hall–Kier alpha value is -9.37. The van der Waals surface area contributed by atoms with E-state index in [0.29, 0.717) is 39.7 Å². The van der Waals surface area contributed by atoms with Crippen LogP contribution in [-0.4, -0.2) is 0 Å². The maximum atomic E-state index is 10.9. The molecule has 5 heteroatoms. The quantitative estimate of drug-likeness (QED) is 0.137. The Morgan fingerprint density at radius 2 is 0.757 bits per heavy atom.